The van der Waals surface area contributed by atoms with Crippen molar-refractivity contribution in [3.8, 4) is 89.0 Å². The third-order valence-electron chi connectivity index (χ3n) is 16.0. The van der Waals surface area contributed by atoms with Gasteiger partial charge in [0, 0.05) is 166 Å². The Hall–Kier alpha value is -9.95. The fourth-order valence-electron chi connectivity index (χ4n) is 10.9. The van der Waals surface area contributed by atoms with Crippen LogP contribution in [0.15, 0.2) is 267 Å². The van der Waals surface area contributed by atoms with E-state index in [2.05, 4.69) is 0 Å². The van der Waals surface area contributed by atoms with Crippen LogP contribution in [0.3, 0.4) is 0 Å². The van der Waals surface area contributed by atoms with Crippen molar-refractivity contribution in [3.63, 3.8) is 0 Å². The minimum absolute atomic E-state index is 0. The van der Waals surface area contributed by atoms with Gasteiger partial charge in [-0.15, -0.1) is 0 Å². The summed E-state index contributed by atoms with van der Waals surface area (Å²) in [6.07, 6.45) is 0. The first-order valence-corrected chi connectivity index (χ1v) is 35.1. The van der Waals surface area contributed by atoms with Gasteiger partial charge in [-0.2, -0.15) is 0 Å². The number of hydrogen-bond donors (Lipinski definition) is 11. The van der Waals surface area contributed by atoms with Crippen molar-refractivity contribution in [2.24, 2.45) is 0 Å². The van der Waals surface area contributed by atoms with Crippen LogP contribution in [0.5, 0.6) is 0 Å². The molecular formula is C95H112Ni4O19-4. The summed E-state index contributed by atoms with van der Waals surface area (Å²) in [5.74, 6) is -4.62. The maximum absolute atomic E-state index is 11.8. The largest absolute Gasteiger partial charge is 0.545 e. The molecular weight excluding hydrogens is 1680 g/mol. The molecule has 0 heterocycles. The average molecular weight is 1790 g/mol. The van der Waals surface area contributed by atoms with Crippen LogP contribution in [0.2, 0.25) is 0 Å². The predicted octanol–water partition coefficient (Wildman–Crippen LogP) is 11.7. The van der Waals surface area contributed by atoms with Crippen molar-refractivity contribution in [3.05, 3.63) is 334 Å². The number of carboxylic acids is 4. The van der Waals surface area contributed by atoms with Crippen LogP contribution in [0.1, 0.15) is 85.9 Å². The molecule has 0 aliphatic rings. The van der Waals surface area contributed by atoms with Gasteiger partial charge in [-0.25, -0.2) is 0 Å². The van der Waals surface area contributed by atoms with Crippen LogP contribution in [0, 0.1) is 55.4 Å². The quantitative estimate of drug-likeness (QED) is 0.0506. The monoisotopic (exact) mass is 1790 g/mol. The summed E-state index contributed by atoms with van der Waals surface area (Å²) < 4.78 is 0. The van der Waals surface area contributed by atoms with E-state index in [9.17, 15) is 39.6 Å². The van der Waals surface area contributed by atoms with Gasteiger partial charge in [0.15, 0.2) is 0 Å². The van der Waals surface area contributed by atoms with Gasteiger partial charge in [0.05, 0.1) is 23.9 Å². The minimum atomic E-state index is -1.16. The summed E-state index contributed by atoms with van der Waals surface area (Å²) in [6, 6.07) is 84.9. The molecule has 12 rings (SSSR count). The van der Waals surface area contributed by atoms with Gasteiger partial charge in [-0.3, -0.25) is 0 Å². The van der Waals surface area contributed by atoms with Crippen molar-refractivity contribution in [1.29, 1.82) is 0 Å². The van der Waals surface area contributed by atoms with E-state index in [1.54, 1.807) is 0 Å². The molecule has 0 fully saturated rings. The standard InChI is InChI=1S/4C21H18O2.11CH4O.4Ni/c4*1-14-6-10-16(11-7-14)18-4-3-5-19(20(18)21(22)23)17-12-8-15(2)9-13-17;11*1-2;;;;/h4*3-13H,1-2H3,(H,22,23);11*2H,1H3;;;;/p-4. The van der Waals surface area contributed by atoms with Crippen LogP contribution in [0.4, 0.5) is 0 Å². The maximum Gasteiger partial charge on any atom is 0.0727 e. The number of aliphatic hydroxyl groups excluding tert-OH is 11. The topological polar surface area (TPSA) is 383 Å². The van der Waals surface area contributed by atoms with Gasteiger partial charge >= 0.3 is 0 Å². The number of aromatic carboxylic acids is 4. The molecule has 12 aromatic carbocycles. The van der Waals surface area contributed by atoms with Crippen LogP contribution < -0.4 is 20.4 Å². The molecule has 19 nitrogen and oxygen atoms in total. The number of rotatable bonds is 12. The van der Waals surface area contributed by atoms with Crippen LogP contribution in [-0.2, 0) is 66.0 Å². The molecule has 0 bridgehead atoms. The average Bonchev–Trinajstić information content (AvgIpc) is 0.809. The molecule has 23 heteroatoms. The third-order valence-corrected chi connectivity index (χ3v) is 16.0. The first kappa shape index (κ1) is 121. The molecule has 0 spiro atoms. The van der Waals surface area contributed by atoms with Gasteiger partial charge in [0.25, 0.3) is 0 Å². The Morgan fingerprint density at radius 2 is 0.237 bits per heavy atom. The number of aryl methyl sites for hydroxylation is 8. The van der Waals surface area contributed by atoms with Gasteiger partial charge in [-0.05, 0) is 144 Å². The summed E-state index contributed by atoms with van der Waals surface area (Å²) in [5, 5.41) is 124. The van der Waals surface area contributed by atoms with Gasteiger partial charge in [0.1, 0.15) is 0 Å². The fourth-order valence-corrected chi connectivity index (χ4v) is 10.9. The van der Waals surface area contributed by atoms with E-state index in [1.165, 1.54) is 0 Å². The number of carboxylic acid groups (broad SMARTS) is 4. The Balaban J connectivity index is -0.000000255. The first-order chi connectivity index (χ1) is 55.2. The van der Waals surface area contributed by atoms with Gasteiger partial charge in [-0.1, -0.05) is 311 Å². The second-order valence-corrected chi connectivity index (χ2v) is 23.0. The zero-order valence-corrected chi connectivity index (χ0v) is 73.8. The molecule has 118 heavy (non-hydrogen) atoms. The van der Waals surface area contributed by atoms with E-state index in [4.69, 9.17) is 56.2 Å². The van der Waals surface area contributed by atoms with Crippen LogP contribution >= 0.6 is 0 Å². The van der Waals surface area contributed by atoms with E-state index in [-0.39, 0.29) is 88.2 Å². The number of carbonyl (C=O) groups is 4. The molecule has 0 saturated carbocycles. The van der Waals surface area contributed by atoms with Crippen molar-refractivity contribution in [2.45, 2.75) is 55.4 Å². The number of benzene rings is 12. The van der Waals surface area contributed by atoms with E-state index in [0.717, 1.165) is 167 Å². The molecule has 0 amide bonds. The Kier molecular flexibility index (Phi) is 73.2. The summed E-state index contributed by atoms with van der Waals surface area (Å²) in [5.41, 5.74) is 22.5. The smallest absolute Gasteiger partial charge is 0.0727 e. The van der Waals surface area contributed by atoms with Crippen molar-refractivity contribution in [1.82, 2.24) is 0 Å². The molecule has 11 N–H and O–H groups in total. The number of hydrogen-bond acceptors (Lipinski definition) is 19. The summed E-state index contributed by atoms with van der Waals surface area (Å²) in [7, 11) is 11.0. The molecule has 650 valence electrons. The molecule has 0 aliphatic carbocycles. The maximum atomic E-state index is 11.8. The summed E-state index contributed by atoms with van der Waals surface area (Å²) >= 11 is 0. The third kappa shape index (κ3) is 38.6. The fraction of sp³-hybridized carbons (Fsp3) is 0.200. The normalized spacial score (nSPS) is 8.76. The number of aliphatic hydroxyl groups is 11. The first-order valence-electron chi connectivity index (χ1n) is 35.1. The zero-order chi connectivity index (χ0) is 87.6. The second-order valence-electron chi connectivity index (χ2n) is 23.0. The van der Waals surface area contributed by atoms with Crippen molar-refractivity contribution in [2.75, 3.05) is 78.2 Å². The Morgan fingerprint density at radius 3 is 0.305 bits per heavy atom. The number of carbonyl (C=O) groups excluding carboxylic acids is 4. The summed E-state index contributed by atoms with van der Waals surface area (Å²) in [4.78, 5) is 47.2. The van der Waals surface area contributed by atoms with E-state index < -0.39 is 23.9 Å². The molecule has 0 aromatic heterocycles. The second kappa shape index (κ2) is 71.2. The molecule has 12 aromatic rings. The van der Waals surface area contributed by atoms with Crippen molar-refractivity contribution >= 4 is 23.9 Å². The molecule has 0 saturated heterocycles. The van der Waals surface area contributed by atoms with Crippen LogP contribution in [0.25, 0.3) is 89.0 Å². The van der Waals surface area contributed by atoms with Gasteiger partial charge < -0.3 is 95.8 Å². The minimum Gasteiger partial charge on any atom is -0.545 e. The molecule has 0 unspecified atom stereocenters. The molecule has 0 aliphatic heterocycles. The van der Waals surface area contributed by atoms with Gasteiger partial charge in [0.2, 0.25) is 0 Å². The SMILES string of the molecule is CO.CO.CO.CO.CO.CO.CO.CO.CO.CO.CO.Cc1ccc(-c2cccc(-c3ccc(C)cc3)c2C(=O)[O-])cc1.Cc1ccc(-c2cccc(-c3ccc(C)cc3)c2C(=O)[O-])cc1.Cc1ccc(-c2cccc(-c3ccc(C)cc3)c2C(=O)[O-])cc1.Cc1ccc(-c2cccc(-c3ccc(C)cc3)c2C(=O)[O-])cc1.[Ni].[Ni].[Ni].[Ni]. The predicted molar refractivity (Wildman–Crippen MR) is 454 cm³/mol. The van der Waals surface area contributed by atoms with Crippen LogP contribution in [-0.4, -0.2) is 158 Å². The zero-order valence-electron chi connectivity index (χ0n) is 69.9. The van der Waals surface area contributed by atoms with E-state index in [1.807, 2.05) is 322 Å². The Bertz CT molecular complexity index is 3780. The summed E-state index contributed by atoms with van der Waals surface area (Å²) in [6.45, 7) is 16.0. The Morgan fingerprint density at radius 1 is 0.161 bits per heavy atom. The molecule has 0 atom stereocenters. The van der Waals surface area contributed by atoms with Crippen molar-refractivity contribution < 1.29 is 162 Å². The van der Waals surface area contributed by atoms with E-state index in [0.29, 0.717) is 44.5 Å². The Labute approximate surface area is 736 Å². The van der Waals surface area contributed by atoms with E-state index >= 15 is 0 Å². The molecule has 0 radical (unpaired) electrons.